The van der Waals surface area contributed by atoms with Crippen LogP contribution in [0.5, 0.6) is 11.5 Å². The van der Waals surface area contributed by atoms with Gasteiger partial charge < -0.3 is 14.8 Å². The van der Waals surface area contributed by atoms with Crippen LogP contribution in [-0.2, 0) is 4.79 Å². The lowest BCUT2D eigenvalue weighted by molar-refractivity contribution is -0.113. The number of hydrogen-bond donors (Lipinski definition) is 4. The molecule has 11 heteroatoms. The number of fused-ring (bicyclic) bond motifs is 1. The van der Waals surface area contributed by atoms with E-state index >= 15 is 0 Å². The Morgan fingerprint density at radius 1 is 1.24 bits per heavy atom. The molecule has 2 aliphatic rings. The van der Waals surface area contributed by atoms with E-state index in [0.29, 0.717) is 33.2 Å². The molecule has 0 radical (unpaired) electrons. The van der Waals surface area contributed by atoms with Crippen molar-refractivity contribution in [1.29, 1.82) is 5.41 Å². The molecule has 0 aromatic heterocycles. The molecule has 2 aliphatic heterocycles. The summed E-state index contributed by atoms with van der Waals surface area (Å²) in [4.78, 5) is 19.4. The number of hydrazine groups is 1. The SMILES string of the molecule is COc1ccc(OC)c(NC(=O)CSC2=NC3NNC(C)C3C(=N)N2c2ccc(Cl)c(C)c2)c1. The van der Waals surface area contributed by atoms with Crippen LogP contribution in [0, 0.1) is 18.3 Å². The minimum atomic E-state index is -0.281. The molecule has 2 aromatic rings. The van der Waals surface area contributed by atoms with Gasteiger partial charge in [-0.25, -0.2) is 10.4 Å². The fourth-order valence-corrected chi connectivity index (χ4v) is 4.92. The molecule has 0 saturated carbocycles. The van der Waals surface area contributed by atoms with E-state index in [4.69, 9.17) is 31.5 Å². The highest BCUT2D eigenvalue weighted by molar-refractivity contribution is 8.14. The summed E-state index contributed by atoms with van der Waals surface area (Å²) in [6.45, 7) is 3.93. The molecule has 2 heterocycles. The number of hydrogen-bond acceptors (Lipinski definition) is 8. The summed E-state index contributed by atoms with van der Waals surface area (Å²) in [5, 5.41) is 13.0. The summed E-state index contributed by atoms with van der Waals surface area (Å²) in [7, 11) is 3.10. The predicted octanol–water partition coefficient (Wildman–Crippen LogP) is 3.63. The second-order valence-corrected chi connectivity index (χ2v) is 9.37. The Kier molecular flexibility index (Phi) is 7.32. The van der Waals surface area contributed by atoms with E-state index in [-0.39, 0.29) is 29.8 Å². The van der Waals surface area contributed by atoms with Crippen LogP contribution in [0.2, 0.25) is 5.02 Å². The molecule has 1 fully saturated rings. The van der Waals surface area contributed by atoms with Gasteiger partial charge >= 0.3 is 0 Å². The van der Waals surface area contributed by atoms with E-state index in [1.54, 1.807) is 37.3 Å². The maximum absolute atomic E-state index is 12.8. The number of amides is 1. The highest BCUT2D eigenvalue weighted by Gasteiger charge is 2.43. The molecule has 180 valence electrons. The van der Waals surface area contributed by atoms with Crippen molar-refractivity contribution in [1.82, 2.24) is 10.9 Å². The fourth-order valence-electron chi connectivity index (χ4n) is 3.94. The number of carbonyl (C=O) groups is 1. The van der Waals surface area contributed by atoms with Crippen molar-refractivity contribution < 1.29 is 14.3 Å². The third kappa shape index (κ3) is 4.85. The summed E-state index contributed by atoms with van der Waals surface area (Å²) in [5.74, 6) is 1.27. The van der Waals surface area contributed by atoms with Gasteiger partial charge in [-0.3, -0.25) is 20.5 Å². The van der Waals surface area contributed by atoms with Crippen LogP contribution in [0.1, 0.15) is 12.5 Å². The Bertz CT molecular complexity index is 1140. The number of ether oxygens (including phenoxy) is 2. The molecule has 0 aliphatic carbocycles. The van der Waals surface area contributed by atoms with E-state index in [2.05, 4.69) is 16.2 Å². The maximum atomic E-state index is 12.8. The summed E-state index contributed by atoms with van der Waals surface area (Å²) in [6, 6.07) is 10.8. The van der Waals surface area contributed by atoms with E-state index < -0.39 is 0 Å². The molecule has 4 rings (SSSR count). The summed E-state index contributed by atoms with van der Waals surface area (Å²) in [6.07, 6.45) is -0.281. The Labute approximate surface area is 207 Å². The smallest absolute Gasteiger partial charge is 0.234 e. The highest BCUT2D eigenvalue weighted by Crippen LogP contribution is 2.34. The zero-order chi connectivity index (χ0) is 24.4. The number of aryl methyl sites for hydroxylation is 1. The molecule has 3 unspecified atom stereocenters. The average Bonchev–Trinajstić information content (AvgIpc) is 3.20. The van der Waals surface area contributed by atoms with Crippen molar-refractivity contribution in [3.63, 3.8) is 0 Å². The van der Waals surface area contributed by atoms with Crippen LogP contribution in [0.3, 0.4) is 0 Å². The van der Waals surface area contributed by atoms with Gasteiger partial charge in [-0.2, -0.15) is 0 Å². The number of methoxy groups -OCH3 is 2. The third-order valence-corrected chi connectivity index (χ3v) is 7.12. The molecule has 3 atom stereocenters. The first-order chi connectivity index (χ1) is 16.3. The zero-order valence-corrected chi connectivity index (χ0v) is 20.9. The van der Waals surface area contributed by atoms with Crippen LogP contribution in [-0.4, -0.2) is 49.1 Å². The lowest BCUT2D eigenvalue weighted by Crippen LogP contribution is -2.50. The van der Waals surface area contributed by atoms with Crippen molar-refractivity contribution in [2.75, 3.05) is 30.2 Å². The molecule has 1 saturated heterocycles. The Morgan fingerprint density at radius 2 is 2.03 bits per heavy atom. The van der Waals surface area contributed by atoms with Crippen molar-refractivity contribution in [3.05, 3.63) is 47.0 Å². The number of carbonyl (C=O) groups excluding carboxylic acids is 1. The normalized spacial score (nSPS) is 21.7. The number of benzene rings is 2. The highest BCUT2D eigenvalue weighted by atomic mass is 35.5. The second-order valence-electron chi connectivity index (χ2n) is 8.02. The standard InChI is InChI=1S/C23H27ClN6O3S/c1-12-9-14(5-7-16(12)24)30-21(25)20-13(2)28-29-22(20)27-23(30)34-11-19(31)26-17-10-15(32-3)6-8-18(17)33-4/h5-10,13,20,22,25,28-29H,11H2,1-4H3,(H,26,31). The van der Waals surface area contributed by atoms with Crippen molar-refractivity contribution in [3.8, 4) is 11.5 Å². The molecule has 2 aromatic carbocycles. The largest absolute Gasteiger partial charge is 0.497 e. The Hall–Kier alpha value is -2.79. The van der Waals surface area contributed by atoms with Crippen molar-refractivity contribution >= 4 is 51.6 Å². The number of halogens is 1. The van der Waals surface area contributed by atoms with E-state index in [0.717, 1.165) is 11.3 Å². The number of nitrogens with one attached hydrogen (secondary N) is 4. The summed E-state index contributed by atoms with van der Waals surface area (Å²) < 4.78 is 10.6. The van der Waals surface area contributed by atoms with Crippen molar-refractivity contribution in [2.24, 2.45) is 10.9 Å². The third-order valence-electron chi connectivity index (χ3n) is 5.75. The molecule has 0 bridgehead atoms. The van der Waals surface area contributed by atoms with Gasteiger partial charge in [0.25, 0.3) is 0 Å². The van der Waals surface area contributed by atoms with Gasteiger partial charge in [0, 0.05) is 22.8 Å². The molecule has 0 spiro atoms. The first-order valence-corrected chi connectivity index (χ1v) is 12.1. The average molecular weight is 503 g/mol. The van der Waals surface area contributed by atoms with Crippen LogP contribution < -0.4 is 30.5 Å². The number of nitrogens with zero attached hydrogens (tertiary/aromatic N) is 2. The quantitative estimate of drug-likeness (QED) is 0.477. The molecule has 1 amide bonds. The molecule has 4 N–H and O–H groups in total. The minimum Gasteiger partial charge on any atom is -0.497 e. The lowest BCUT2D eigenvalue weighted by atomic mass is 9.97. The molecular weight excluding hydrogens is 476 g/mol. The number of anilines is 2. The summed E-state index contributed by atoms with van der Waals surface area (Å²) in [5.41, 5.74) is 8.51. The van der Waals surface area contributed by atoms with Gasteiger partial charge in [0.15, 0.2) is 5.17 Å². The van der Waals surface area contributed by atoms with E-state index in [1.807, 2.05) is 32.0 Å². The molecule has 34 heavy (non-hydrogen) atoms. The van der Waals surface area contributed by atoms with Crippen LogP contribution in [0.25, 0.3) is 0 Å². The first-order valence-electron chi connectivity index (χ1n) is 10.7. The number of thioether (sulfide) groups is 1. The monoisotopic (exact) mass is 502 g/mol. The fraction of sp³-hybridized carbons (Fsp3) is 0.348. The van der Waals surface area contributed by atoms with Crippen LogP contribution in [0.15, 0.2) is 41.4 Å². The molecular formula is C23H27ClN6O3S. The van der Waals surface area contributed by atoms with Gasteiger partial charge in [-0.05, 0) is 49.7 Å². The second kappa shape index (κ2) is 10.2. The minimum absolute atomic E-state index is 0.0347. The first kappa shape index (κ1) is 24.3. The topological polar surface area (TPSA) is 111 Å². The number of rotatable bonds is 6. The van der Waals surface area contributed by atoms with Gasteiger partial charge in [-0.15, -0.1) is 0 Å². The van der Waals surface area contributed by atoms with Gasteiger partial charge in [0.1, 0.15) is 23.5 Å². The van der Waals surface area contributed by atoms with Crippen LogP contribution in [0.4, 0.5) is 11.4 Å². The van der Waals surface area contributed by atoms with Gasteiger partial charge in [0.2, 0.25) is 5.91 Å². The molecule has 9 nitrogen and oxygen atoms in total. The van der Waals surface area contributed by atoms with Gasteiger partial charge in [0.05, 0.1) is 31.6 Å². The van der Waals surface area contributed by atoms with Gasteiger partial charge in [-0.1, -0.05) is 23.4 Å². The Morgan fingerprint density at radius 3 is 2.74 bits per heavy atom. The van der Waals surface area contributed by atoms with Crippen molar-refractivity contribution in [2.45, 2.75) is 26.1 Å². The predicted molar refractivity (Wildman–Crippen MR) is 137 cm³/mol. The lowest BCUT2D eigenvalue weighted by Gasteiger charge is -2.36. The Balaban J connectivity index is 1.56. The number of amidine groups is 2. The maximum Gasteiger partial charge on any atom is 0.234 e. The van der Waals surface area contributed by atoms with Crippen LogP contribution >= 0.6 is 23.4 Å². The zero-order valence-electron chi connectivity index (χ0n) is 19.3. The van der Waals surface area contributed by atoms with E-state index in [9.17, 15) is 4.79 Å². The summed E-state index contributed by atoms with van der Waals surface area (Å²) >= 11 is 7.50. The van der Waals surface area contributed by atoms with E-state index in [1.165, 1.54) is 11.8 Å². The number of aliphatic imine (C=N–C) groups is 1.